The largest absolute Gasteiger partial charge is 0.326 e. The Morgan fingerprint density at radius 3 is 2.43 bits per heavy atom. The minimum Gasteiger partial charge on any atom is -0.326 e. The summed E-state index contributed by atoms with van der Waals surface area (Å²) in [5.74, 6) is -0.109. The van der Waals surface area contributed by atoms with Crippen LogP contribution in [0.25, 0.3) is 0 Å². The first-order valence-electron chi connectivity index (χ1n) is 5.95. The Kier molecular flexibility index (Phi) is 4.81. The summed E-state index contributed by atoms with van der Waals surface area (Å²) in [7, 11) is -3.70. The van der Waals surface area contributed by atoms with E-state index in [1.54, 1.807) is 31.2 Å². The molecular weight excluding hydrogens is 334 g/mol. The maximum atomic E-state index is 12.1. The van der Waals surface area contributed by atoms with Gasteiger partial charge in [0.05, 0.1) is 6.20 Å². The molecule has 1 aromatic carbocycles. The molecule has 1 aromatic heterocycles. The van der Waals surface area contributed by atoms with Gasteiger partial charge in [0.25, 0.3) is 10.0 Å². The molecule has 0 aliphatic carbocycles. The van der Waals surface area contributed by atoms with Gasteiger partial charge in [-0.15, -0.1) is 0 Å². The Labute approximate surface area is 131 Å². The lowest BCUT2D eigenvalue weighted by Crippen LogP contribution is -2.12. The van der Waals surface area contributed by atoms with Crippen LogP contribution < -0.4 is 10.0 Å². The first-order chi connectivity index (χ1) is 9.90. The third-order valence-corrected chi connectivity index (χ3v) is 5.42. The maximum absolute atomic E-state index is 12.1. The van der Waals surface area contributed by atoms with Crippen molar-refractivity contribution in [2.75, 3.05) is 10.0 Å². The summed E-state index contributed by atoms with van der Waals surface area (Å²) < 4.78 is 26.7. The van der Waals surface area contributed by atoms with Gasteiger partial charge in [0.1, 0.15) is 0 Å². The number of halogens is 1. The molecule has 21 heavy (non-hydrogen) atoms. The molecule has 0 aliphatic rings. The van der Waals surface area contributed by atoms with Crippen LogP contribution in [0.4, 0.5) is 11.4 Å². The number of aromatic nitrogens is 1. The monoisotopic (exact) mass is 345 g/mol. The van der Waals surface area contributed by atoms with Crippen LogP contribution in [0.1, 0.15) is 13.3 Å². The highest BCUT2D eigenvalue weighted by Crippen LogP contribution is 2.25. The highest BCUT2D eigenvalue weighted by atomic mass is 35.5. The van der Waals surface area contributed by atoms with Gasteiger partial charge in [0.15, 0.2) is 8.68 Å². The average molecular weight is 346 g/mol. The average Bonchev–Trinajstić information content (AvgIpc) is 2.88. The van der Waals surface area contributed by atoms with Gasteiger partial charge in [-0.05, 0) is 24.3 Å². The molecule has 1 heterocycles. The molecular formula is C12H12ClN3O3S2. The standard InChI is InChI=1S/C12H12ClN3O3S2/c1-2-10(17)15-8-3-5-9(6-4-8)16-21(18,19)11-7-14-12(13)20-11/h3-7,16H,2H2,1H3,(H,15,17). The third-order valence-electron chi connectivity index (χ3n) is 2.46. The summed E-state index contributed by atoms with van der Waals surface area (Å²) >= 11 is 6.50. The first kappa shape index (κ1) is 15.7. The van der Waals surface area contributed by atoms with E-state index in [1.807, 2.05) is 0 Å². The molecule has 1 amide bonds. The predicted molar refractivity (Wildman–Crippen MR) is 83.3 cm³/mol. The quantitative estimate of drug-likeness (QED) is 0.872. The number of hydrogen-bond acceptors (Lipinski definition) is 5. The van der Waals surface area contributed by atoms with Crippen molar-refractivity contribution in [1.82, 2.24) is 4.98 Å². The Balaban J connectivity index is 2.11. The highest BCUT2D eigenvalue weighted by Gasteiger charge is 2.17. The lowest BCUT2D eigenvalue weighted by atomic mass is 10.3. The minimum absolute atomic E-state index is 0.0378. The molecule has 0 fully saturated rings. The van der Waals surface area contributed by atoms with Crippen LogP contribution in [0.15, 0.2) is 34.7 Å². The van der Waals surface area contributed by atoms with E-state index in [1.165, 1.54) is 6.20 Å². The number of nitrogens with zero attached hydrogens (tertiary/aromatic N) is 1. The Morgan fingerprint density at radius 1 is 1.29 bits per heavy atom. The van der Waals surface area contributed by atoms with E-state index in [2.05, 4.69) is 15.0 Å². The summed E-state index contributed by atoms with van der Waals surface area (Å²) in [6.07, 6.45) is 1.58. The van der Waals surface area contributed by atoms with Gasteiger partial charge < -0.3 is 5.32 Å². The van der Waals surface area contributed by atoms with Crippen LogP contribution in [-0.4, -0.2) is 19.3 Å². The van der Waals surface area contributed by atoms with E-state index in [0.29, 0.717) is 17.8 Å². The maximum Gasteiger partial charge on any atom is 0.273 e. The van der Waals surface area contributed by atoms with Gasteiger partial charge in [-0.1, -0.05) is 29.9 Å². The number of sulfonamides is 1. The lowest BCUT2D eigenvalue weighted by molar-refractivity contribution is -0.115. The zero-order valence-electron chi connectivity index (χ0n) is 11.0. The van der Waals surface area contributed by atoms with Crippen molar-refractivity contribution in [3.8, 4) is 0 Å². The second-order valence-electron chi connectivity index (χ2n) is 4.02. The van der Waals surface area contributed by atoms with Crippen molar-refractivity contribution in [3.63, 3.8) is 0 Å². The van der Waals surface area contributed by atoms with E-state index < -0.39 is 10.0 Å². The van der Waals surface area contributed by atoms with Crippen LogP contribution in [-0.2, 0) is 14.8 Å². The van der Waals surface area contributed by atoms with Gasteiger partial charge in [-0.25, -0.2) is 13.4 Å². The summed E-state index contributed by atoms with van der Waals surface area (Å²) in [5, 5.41) is 2.68. The molecule has 2 rings (SSSR count). The van der Waals surface area contributed by atoms with Crippen LogP contribution in [0.5, 0.6) is 0 Å². The normalized spacial score (nSPS) is 11.1. The van der Waals surface area contributed by atoms with E-state index >= 15 is 0 Å². The molecule has 9 heteroatoms. The van der Waals surface area contributed by atoms with Crippen molar-refractivity contribution in [2.24, 2.45) is 0 Å². The van der Waals surface area contributed by atoms with Gasteiger partial charge in [0, 0.05) is 17.8 Å². The molecule has 112 valence electrons. The molecule has 0 spiro atoms. The van der Waals surface area contributed by atoms with Crippen molar-refractivity contribution in [2.45, 2.75) is 17.6 Å². The van der Waals surface area contributed by atoms with Gasteiger partial charge >= 0.3 is 0 Å². The fraction of sp³-hybridized carbons (Fsp3) is 0.167. The minimum atomic E-state index is -3.70. The van der Waals surface area contributed by atoms with Crippen molar-refractivity contribution in [3.05, 3.63) is 34.9 Å². The lowest BCUT2D eigenvalue weighted by Gasteiger charge is -2.07. The summed E-state index contributed by atoms with van der Waals surface area (Å²) in [4.78, 5) is 14.9. The zero-order valence-corrected chi connectivity index (χ0v) is 13.3. The molecule has 0 unspecified atom stereocenters. The molecule has 2 aromatic rings. The number of hydrogen-bond donors (Lipinski definition) is 2. The number of rotatable bonds is 5. The topological polar surface area (TPSA) is 88.2 Å². The molecule has 0 atom stereocenters. The number of anilines is 2. The van der Waals surface area contributed by atoms with E-state index in [0.717, 1.165) is 11.3 Å². The Hall–Kier alpha value is -1.64. The van der Waals surface area contributed by atoms with Crippen molar-refractivity contribution >= 4 is 50.2 Å². The number of amides is 1. The number of thiazole rings is 1. The van der Waals surface area contributed by atoms with Crippen LogP contribution in [0.2, 0.25) is 4.47 Å². The SMILES string of the molecule is CCC(=O)Nc1ccc(NS(=O)(=O)c2cnc(Cl)s2)cc1. The number of nitrogens with one attached hydrogen (secondary N) is 2. The van der Waals surface area contributed by atoms with Gasteiger partial charge in [-0.2, -0.15) is 0 Å². The summed E-state index contributed by atoms with van der Waals surface area (Å²) in [5.41, 5.74) is 0.986. The Morgan fingerprint density at radius 2 is 1.90 bits per heavy atom. The van der Waals surface area contributed by atoms with E-state index in [-0.39, 0.29) is 14.6 Å². The van der Waals surface area contributed by atoms with Crippen LogP contribution in [0, 0.1) is 0 Å². The number of benzene rings is 1. The fourth-order valence-corrected chi connectivity index (χ4v) is 3.79. The predicted octanol–water partition coefficient (Wildman–Crippen LogP) is 2.95. The highest BCUT2D eigenvalue weighted by molar-refractivity contribution is 7.94. The Bertz CT molecular complexity index is 741. The molecule has 0 aliphatic heterocycles. The van der Waals surface area contributed by atoms with Gasteiger partial charge in [0.2, 0.25) is 5.91 Å². The fourth-order valence-electron chi connectivity index (χ4n) is 1.44. The first-order valence-corrected chi connectivity index (χ1v) is 8.62. The van der Waals surface area contributed by atoms with Crippen LogP contribution >= 0.6 is 22.9 Å². The number of carbonyl (C=O) groups is 1. The molecule has 2 N–H and O–H groups in total. The molecule has 0 saturated heterocycles. The van der Waals surface area contributed by atoms with Gasteiger partial charge in [-0.3, -0.25) is 9.52 Å². The van der Waals surface area contributed by atoms with Crippen LogP contribution in [0.3, 0.4) is 0 Å². The van der Waals surface area contributed by atoms with Crippen molar-refractivity contribution < 1.29 is 13.2 Å². The molecule has 6 nitrogen and oxygen atoms in total. The smallest absolute Gasteiger partial charge is 0.273 e. The second kappa shape index (κ2) is 6.42. The van der Waals surface area contributed by atoms with E-state index in [9.17, 15) is 13.2 Å². The third kappa shape index (κ3) is 4.16. The number of carbonyl (C=O) groups excluding carboxylic acids is 1. The summed E-state index contributed by atoms with van der Waals surface area (Å²) in [6, 6.07) is 6.35. The molecule has 0 bridgehead atoms. The second-order valence-corrected chi connectivity index (χ2v) is 7.54. The van der Waals surface area contributed by atoms with E-state index in [4.69, 9.17) is 11.6 Å². The summed E-state index contributed by atoms with van der Waals surface area (Å²) in [6.45, 7) is 1.75. The zero-order chi connectivity index (χ0) is 15.5. The molecule has 0 saturated carbocycles. The molecule has 0 radical (unpaired) electrons. The van der Waals surface area contributed by atoms with Crippen molar-refractivity contribution in [1.29, 1.82) is 0 Å².